The van der Waals surface area contributed by atoms with E-state index in [9.17, 15) is 9.59 Å². The number of ketones is 2. The Morgan fingerprint density at radius 1 is 0.556 bits per heavy atom. The van der Waals surface area contributed by atoms with Gasteiger partial charge < -0.3 is 9.64 Å². The Labute approximate surface area is 215 Å². The zero-order chi connectivity index (χ0) is 26.2. The van der Waals surface area contributed by atoms with Gasteiger partial charge in [-0.3, -0.25) is 9.59 Å². The van der Waals surface area contributed by atoms with Crippen LogP contribution >= 0.6 is 0 Å². The number of hydrogen-bond donors (Lipinski definition) is 0. The number of anilines is 1. The summed E-state index contributed by atoms with van der Waals surface area (Å²) in [4.78, 5) is 26.6. The van der Waals surface area contributed by atoms with E-state index in [4.69, 9.17) is 0 Å². The van der Waals surface area contributed by atoms with E-state index in [-0.39, 0.29) is 11.6 Å². The van der Waals surface area contributed by atoms with E-state index in [2.05, 4.69) is 23.5 Å². The second-order valence-electron chi connectivity index (χ2n) is 7.85. The van der Waals surface area contributed by atoms with Crippen molar-refractivity contribution in [3.8, 4) is 0 Å². The summed E-state index contributed by atoms with van der Waals surface area (Å²) in [6.07, 6.45) is 0. The van der Waals surface area contributed by atoms with Crippen molar-refractivity contribution in [1.82, 2.24) is 0 Å². The molecule has 0 saturated heterocycles. The highest BCUT2D eigenvalue weighted by molar-refractivity contribution is 6.12. The zero-order valence-corrected chi connectivity index (χ0v) is 21.6. The summed E-state index contributed by atoms with van der Waals surface area (Å²) in [7, 11) is 3.25. The fraction of sp³-hybridized carbons (Fsp3) is 0.188. The highest BCUT2D eigenvalue weighted by Crippen LogP contribution is 2.23. The van der Waals surface area contributed by atoms with Gasteiger partial charge in [-0.2, -0.15) is 0 Å². The molecule has 4 aromatic rings. The molecule has 0 spiro atoms. The van der Waals surface area contributed by atoms with Crippen LogP contribution in [0.5, 0.6) is 0 Å². The number of benzene rings is 4. The van der Waals surface area contributed by atoms with Gasteiger partial charge in [-0.25, -0.2) is 0 Å². The molecule has 0 aliphatic heterocycles. The highest BCUT2D eigenvalue weighted by atomic mass is 16.4. The number of carbonyl (C=O) groups excluding carboxylic acids is 2. The maximum Gasteiger partial charge on any atom is 0.195 e. The van der Waals surface area contributed by atoms with Crippen molar-refractivity contribution in [3.05, 3.63) is 138 Å². The van der Waals surface area contributed by atoms with Crippen molar-refractivity contribution in [1.29, 1.82) is 0 Å². The number of nitrogens with zero attached hydrogens (tertiary/aromatic N) is 1. The first-order chi connectivity index (χ1) is 17.6. The fourth-order valence-electron chi connectivity index (χ4n) is 3.60. The van der Waals surface area contributed by atoms with E-state index in [1.54, 1.807) is 14.2 Å². The molecule has 0 heterocycles. The normalized spacial score (nSPS) is 9.67. The number of rotatable bonds is 7. The van der Waals surface area contributed by atoms with Crippen LogP contribution in [0, 0.1) is 0 Å². The van der Waals surface area contributed by atoms with Crippen LogP contribution in [0.15, 0.2) is 115 Å². The van der Waals surface area contributed by atoms with Crippen molar-refractivity contribution in [2.24, 2.45) is 0 Å². The quantitative estimate of drug-likeness (QED) is 0.268. The van der Waals surface area contributed by atoms with E-state index < -0.39 is 0 Å². The summed E-state index contributed by atoms with van der Waals surface area (Å²) >= 11 is 0. The standard InChI is InChI=1S/C17H19NO.C13H10O.C2H6O/c1-3-18(4-2)16-13-9-8-12-15(16)17(19)14-10-6-5-7-11-14;14-13(11-7-3-1-4-8-11)12-9-5-2-6-10-12;1-3-2/h5-13H,3-4H2,1-2H3;1-10H;1-2H3. The average Bonchev–Trinajstić information content (AvgIpc) is 2.95. The summed E-state index contributed by atoms with van der Waals surface area (Å²) in [6.45, 7) is 6.01. The van der Waals surface area contributed by atoms with E-state index >= 15 is 0 Å². The Hall–Kier alpha value is -4.02. The van der Waals surface area contributed by atoms with Gasteiger partial charge in [0, 0.05) is 55.3 Å². The molecule has 0 aliphatic rings. The molecule has 4 nitrogen and oxygen atoms in total. The molecule has 4 aromatic carbocycles. The lowest BCUT2D eigenvalue weighted by Gasteiger charge is -2.23. The number of hydrogen-bond acceptors (Lipinski definition) is 4. The molecule has 0 radical (unpaired) electrons. The Kier molecular flexibility index (Phi) is 12.4. The molecule has 0 atom stereocenters. The second-order valence-corrected chi connectivity index (χ2v) is 7.85. The second kappa shape index (κ2) is 15.8. The van der Waals surface area contributed by atoms with E-state index in [0.717, 1.165) is 41.0 Å². The van der Waals surface area contributed by atoms with Crippen LogP contribution in [0.25, 0.3) is 0 Å². The number of methoxy groups -OCH3 is 1. The molecule has 36 heavy (non-hydrogen) atoms. The number of ether oxygens (including phenoxy) is 1. The lowest BCUT2D eigenvalue weighted by molar-refractivity contribution is 0.103. The van der Waals surface area contributed by atoms with Gasteiger partial charge in [-0.1, -0.05) is 103 Å². The van der Waals surface area contributed by atoms with Crippen LogP contribution in [0.3, 0.4) is 0 Å². The molecule has 4 heteroatoms. The maximum absolute atomic E-state index is 12.6. The zero-order valence-electron chi connectivity index (χ0n) is 21.6. The topological polar surface area (TPSA) is 46.6 Å². The molecule has 0 unspecified atom stereocenters. The molecular weight excluding hydrogens is 446 g/mol. The van der Waals surface area contributed by atoms with Gasteiger partial charge >= 0.3 is 0 Å². The van der Waals surface area contributed by atoms with Gasteiger partial charge in [0.15, 0.2) is 11.6 Å². The van der Waals surface area contributed by atoms with Crippen molar-refractivity contribution >= 4 is 17.3 Å². The van der Waals surface area contributed by atoms with E-state index in [1.165, 1.54) is 0 Å². The molecule has 0 aliphatic carbocycles. The van der Waals surface area contributed by atoms with Gasteiger partial charge in [-0.05, 0) is 26.0 Å². The van der Waals surface area contributed by atoms with Crippen LogP contribution in [-0.2, 0) is 4.74 Å². The fourth-order valence-corrected chi connectivity index (χ4v) is 3.60. The van der Waals surface area contributed by atoms with Gasteiger partial charge in [0.05, 0.1) is 0 Å². The third-order valence-corrected chi connectivity index (χ3v) is 5.36. The van der Waals surface area contributed by atoms with Crippen molar-refractivity contribution in [2.75, 3.05) is 32.2 Å². The smallest absolute Gasteiger partial charge is 0.195 e. The third-order valence-electron chi connectivity index (χ3n) is 5.36. The predicted molar refractivity (Wildman–Crippen MR) is 149 cm³/mol. The molecule has 4 rings (SSSR count). The van der Waals surface area contributed by atoms with Crippen molar-refractivity contribution in [3.63, 3.8) is 0 Å². The molecule has 0 N–H and O–H groups in total. The first kappa shape index (κ1) is 28.2. The Morgan fingerprint density at radius 2 is 0.889 bits per heavy atom. The van der Waals surface area contributed by atoms with Gasteiger partial charge in [-0.15, -0.1) is 0 Å². The summed E-state index contributed by atoms with van der Waals surface area (Å²) < 4.78 is 4.25. The molecule has 186 valence electrons. The monoisotopic (exact) mass is 481 g/mol. The van der Waals surface area contributed by atoms with Crippen LogP contribution in [0.1, 0.15) is 45.7 Å². The Bertz CT molecular complexity index is 1130. The minimum atomic E-state index is 0.0752. The summed E-state index contributed by atoms with van der Waals surface area (Å²) in [5, 5.41) is 0. The largest absolute Gasteiger partial charge is 0.388 e. The van der Waals surface area contributed by atoms with Crippen LogP contribution < -0.4 is 4.90 Å². The van der Waals surface area contributed by atoms with Gasteiger partial charge in [0.25, 0.3) is 0 Å². The minimum absolute atomic E-state index is 0.0752. The Morgan fingerprint density at radius 3 is 1.28 bits per heavy atom. The SMILES string of the molecule is CCN(CC)c1ccccc1C(=O)c1ccccc1.COC.O=C(c1ccccc1)c1ccccc1. The number of carbonyl (C=O) groups is 2. The molecule has 0 aromatic heterocycles. The van der Waals surface area contributed by atoms with E-state index in [1.807, 2.05) is 115 Å². The summed E-state index contributed by atoms with van der Waals surface area (Å²) in [6, 6.07) is 35.9. The lowest BCUT2D eigenvalue weighted by Crippen LogP contribution is -2.24. The third kappa shape index (κ3) is 8.33. The molecular formula is C32H35NO3. The Balaban J connectivity index is 0.000000237. The average molecular weight is 482 g/mol. The number of para-hydroxylation sites is 1. The molecule has 0 fully saturated rings. The summed E-state index contributed by atoms with van der Waals surface area (Å²) in [5.74, 6) is 0.161. The van der Waals surface area contributed by atoms with Crippen LogP contribution in [0.4, 0.5) is 5.69 Å². The lowest BCUT2D eigenvalue weighted by atomic mass is 10.0. The molecule has 0 bridgehead atoms. The summed E-state index contributed by atoms with van der Waals surface area (Å²) in [5.41, 5.74) is 4.00. The van der Waals surface area contributed by atoms with Crippen molar-refractivity contribution < 1.29 is 14.3 Å². The maximum atomic E-state index is 12.6. The van der Waals surface area contributed by atoms with Gasteiger partial charge in [0.1, 0.15) is 0 Å². The molecule has 0 saturated carbocycles. The van der Waals surface area contributed by atoms with Crippen molar-refractivity contribution in [2.45, 2.75) is 13.8 Å². The first-order valence-corrected chi connectivity index (χ1v) is 12.1. The van der Waals surface area contributed by atoms with Gasteiger partial charge in [0.2, 0.25) is 0 Å². The highest BCUT2D eigenvalue weighted by Gasteiger charge is 2.15. The van der Waals surface area contributed by atoms with Crippen LogP contribution in [-0.4, -0.2) is 38.9 Å². The predicted octanol–water partition coefficient (Wildman–Crippen LogP) is 6.94. The molecule has 0 amide bonds. The first-order valence-electron chi connectivity index (χ1n) is 12.1. The minimum Gasteiger partial charge on any atom is -0.388 e. The van der Waals surface area contributed by atoms with Crippen LogP contribution in [0.2, 0.25) is 0 Å². The van der Waals surface area contributed by atoms with E-state index in [0.29, 0.717) is 0 Å².